The van der Waals surface area contributed by atoms with Crippen LogP contribution in [-0.2, 0) is 9.47 Å². The van der Waals surface area contributed by atoms with Crippen LogP contribution in [0.5, 0.6) is 0 Å². The molecule has 0 aromatic heterocycles. The van der Waals surface area contributed by atoms with Crippen LogP contribution in [0.3, 0.4) is 0 Å². The van der Waals surface area contributed by atoms with Crippen LogP contribution < -0.4 is 10.6 Å². The Balaban J connectivity index is 1.59. The van der Waals surface area contributed by atoms with Gasteiger partial charge in [-0.1, -0.05) is 6.92 Å². The van der Waals surface area contributed by atoms with E-state index in [-0.39, 0.29) is 0 Å². The maximum atomic E-state index is 5.56. The van der Waals surface area contributed by atoms with Crippen molar-refractivity contribution in [2.45, 2.75) is 25.8 Å². The largest absolute Gasteiger partial charge is 0.381 e. The second-order valence-corrected chi connectivity index (χ2v) is 5.25. The molecular formula is C13H26N2O2. The van der Waals surface area contributed by atoms with Gasteiger partial charge in [0.1, 0.15) is 0 Å². The van der Waals surface area contributed by atoms with Gasteiger partial charge in [0.15, 0.2) is 0 Å². The van der Waals surface area contributed by atoms with Crippen LogP contribution in [0.15, 0.2) is 0 Å². The highest BCUT2D eigenvalue weighted by Crippen LogP contribution is 2.14. The van der Waals surface area contributed by atoms with Crippen molar-refractivity contribution in [3.05, 3.63) is 0 Å². The molecule has 2 rings (SSSR count). The molecule has 4 nitrogen and oxygen atoms in total. The molecule has 2 fully saturated rings. The van der Waals surface area contributed by atoms with Gasteiger partial charge in [-0.05, 0) is 25.3 Å². The van der Waals surface area contributed by atoms with Crippen LogP contribution in [0, 0.1) is 11.8 Å². The molecule has 4 heteroatoms. The first-order valence-electron chi connectivity index (χ1n) is 6.99. The molecule has 100 valence electrons. The predicted octanol–water partition coefficient (Wildman–Crippen LogP) is 0.627. The van der Waals surface area contributed by atoms with Gasteiger partial charge in [0.05, 0.1) is 19.8 Å². The van der Waals surface area contributed by atoms with E-state index in [1.807, 2.05) is 0 Å². The summed E-state index contributed by atoms with van der Waals surface area (Å²) in [5.41, 5.74) is 0. The van der Waals surface area contributed by atoms with E-state index >= 15 is 0 Å². The van der Waals surface area contributed by atoms with Gasteiger partial charge in [0.25, 0.3) is 0 Å². The van der Waals surface area contributed by atoms with Gasteiger partial charge in [-0.2, -0.15) is 0 Å². The second kappa shape index (κ2) is 7.31. The molecule has 3 atom stereocenters. The van der Waals surface area contributed by atoms with Crippen molar-refractivity contribution in [1.82, 2.24) is 10.6 Å². The Labute approximate surface area is 104 Å². The Morgan fingerprint density at radius 1 is 1.12 bits per heavy atom. The van der Waals surface area contributed by atoms with Crippen molar-refractivity contribution in [2.24, 2.45) is 11.8 Å². The lowest BCUT2D eigenvalue weighted by molar-refractivity contribution is 0.179. The van der Waals surface area contributed by atoms with Crippen LogP contribution in [0.1, 0.15) is 19.8 Å². The van der Waals surface area contributed by atoms with Crippen molar-refractivity contribution >= 4 is 0 Å². The van der Waals surface area contributed by atoms with Crippen LogP contribution in [0.25, 0.3) is 0 Å². The normalized spacial score (nSPS) is 33.4. The zero-order valence-electron chi connectivity index (χ0n) is 10.9. The third kappa shape index (κ3) is 4.21. The second-order valence-electron chi connectivity index (χ2n) is 5.25. The van der Waals surface area contributed by atoms with Crippen LogP contribution in [0.4, 0.5) is 0 Å². The molecule has 0 spiro atoms. The molecule has 2 aliphatic rings. The van der Waals surface area contributed by atoms with E-state index in [1.165, 1.54) is 12.8 Å². The summed E-state index contributed by atoms with van der Waals surface area (Å²) in [6.07, 6.45) is 2.40. The number of nitrogens with one attached hydrogen (secondary N) is 2. The number of rotatable bonds is 7. The summed E-state index contributed by atoms with van der Waals surface area (Å²) in [5, 5.41) is 7.15. The molecule has 0 radical (unpaired) electrons. The number of ether oxygens (including phenoxy) is 2. The quantitative estimate of drug-likeness (QED) is 0.687. The van der Waals surface area contributed by atoms with Crippen LogP contribution >= 0.6 is 0 Å². The Morgan fingerprint density at radius 3 is 2.82 bits per heavy atom. The molecule has 3 unspecified atom stereocenters. The van der Waals surface area contributed by atoms with E-state index in [9.17, 15) is 0 Å². The van der Waals surface area contributed by atoms with Gasteiger partial charge in [0.2, 0.25) is 0 Å². The molecule has 0 bridgehead atoms. The van der Waals surface area contributed by atoms with E-state index in [2.05, 4.69) is 17.6 Å². The molecule has 2 heterocycles. The Morgan fingerprint density at radius 2 is 2.06 bits per heavy atom. The average Bonchev–Trinajstić information content (AvgIpc) is 2.98. The SMILES string of the molecule is CCCNC1COCC1CNCC1CCOC1. The zero-order chi connectivity index (χ0) is 11.9. The number of hydrogen-bond donors (Lipinski definition) is 2. The molecule has 17 heavy (non-hydrogen) atoms. The van der Waals surface area contributed by atoms with Gasteiger partial charge < -0.3 is 20.1 Å². The smallest absolute Gasteiger partial charge is 0.0623 e. The van der Waals surface area contributed by atoms with Crippen molar-refractivity contribution in [3.63, 3.8) is 0 Å². The first-order chi connectivity index (χ1) is 8.40. The average molecular weight is 242 g/mol. The van der Waals surface area contributed by atoms with E-state index in [0.717, 1.165) is 52.0 Å². The first kappa shape index (κ1) is 13.3. The summed E-state index contributed by atoms with van der Waals surface area (Å²) in [7, 11) is 0. The Bertz CT molecular complexity index is 208. The lowest BCUT2D eigenvalue weighted by atomic mass is 10.0. The molecule has 2 N–H and O–H groups in total. The first-order valence-corrected chi connectivity index (χ1v) is 6.99. The fourth-order valence-electron chi connectivity index (χ4n) is 2.57. The molecule has 0 saturated carbocycles. The summed E-state index contributed by atoms with van der Waals surface area (Å²) in [6, 6.07) is 0.544. The van der Waals surface area contributed by atoms with E-state index in [1.54, 1.807) is 0 Å². The third-order valence-corrected chi connectivity index (χ3v) is 3.72. The summed E-state index contributed by atoms with van der Waals surface area (Å²) in [6.45, 7) is 9.12. The standard InChI is InChI=1S/C13H26N2O2/c1-2-4-15-13-10-17-9-12(13)7-14-6-11-3-5-16-8-11/h11-15H,2-10H2,1H3. The Kier molecular flexibility index (Phi) is 5.71. The van der Waals surface area contributed by atoms with Gasteiger partial charge in [-0.25, -0.2) is 0 Å². The lowest BCUT2D eigenvalue weighted by Crippen LogP contribution is -2.41. The van der Waals surface area contributed by atoms with Crippen LogP contribution in [-0.4, -0.2) is 52.1 Å². The monoisotopic (exact) mass is 242 g/mol. The molecule has 0 aromatic carbocycles. The summed E-state index contributed by atoms with van der Waals surface area (Å²) in [4.78, 5) is 0. The molecule has 0 aromatic rings. The van der Waals surface area contributed by atoms with Crippen molar-refractivity contribution in [3.8, 4) is 0 Å². The van der Waals surface area contributed by atoms with Gasteiger partial charge in [0, 0.05) is 31.7 Å². The van der Waals surface area contributed by atoms with Crippen molar-refractivity contribution in [1.29, 1.82) is 0 Å². The highest BCUT2D eigenvalue weighted by molar-refractivity contribution is 4.83. The van der Waals surface area contributed by atoms with Crippen LogP contribution in [0.2, 0.25) is 0 Å². The molecule has 2 aliphatic heterocycles. The maximum Gasteiger partial charge on any atom is 0.0623 e. The highest BCUT2D eigenvalue weighted by atomic mass is 16.5. The Hall–Kier alpha value is -0.160. The van der Waals surface area contributed by atoms with Crippen molar-refractivity contribution < 1.29 is 9.47 Å². The third-order valence-electron chi connectivity index (χ3n) is 3.72. The highest BCUT2D eigenvalue weighted by Gasteiger charge is 2.27. The van der Waals surface area contributed by atoms with Gasteiger partial charge in [-0.15, -0.1) is 0 Å². The minimum Gasteiger partial charge on any atom is -0.381 e. The predicted molar refractivity (Wildman–Crippen MR) is 68.2 cm³/mol. The summed E-state index contributed by atoms with van der Waals surface area (Å²) < 4.78 is 10.9. The van der Waals surface area contributed by atoms with Crippen molar-refractivity contribution in [2.75, 3.05) is 46.1 Å². The fourth-order valence-corrected chi connectivity index (χ4v) is 2.57. The molecule has 0 aliphatic carbocycles. The summed E-state index contributed by atoms with van der Waals surface area (Å²) in [5.74, 6) is 1.35. The zero-order valence-corrected chi connectivity index (χ0v) is 10.9. The van der Waals surface area contributed by atoms with Gasteiger partial charge in [-0.3, -0.25) is 0 Å². The lowest BCUT2D eigenvalue weighted by Gasteiger charge is -2.20. The van der Waals surface area contributed by atoms with E-state index in [4.69, 9.17) is 9.47 Å². The van der Waals surface area contributed by atoms with E-state index in [0.29, 0.717) is 12.0 Å². The fraction of sp³-hybridized carbons (Fsp3) is 1.00. The minimum atomic E-state index is 0.544. The topological polar surface area (TPSA) is 42.5 Å². The molecular weight excluding hydrogens is 216 g/mol. The minimum absolute atomic E-state index is 0.544. The molecule has 2 saturated heterocycles. The van der Waals surface area contributed by atoms with E-state index < -0.39 is 0 Å². The number of hydrogen-bond acceptors (Lipinski definition) is 4. The molecule has 0 amide bonds. The van der Waals surface area contributed by atoms with Gasteiger partial charge >= 0.3 is 0 Å². The maximum absolute atomic E-state index is 5.56. The summed E-state index contributed by atoms with van der Waals surface area (Å²) >= 11 is 0.